The molecule has 3 N–H and O–H groups in total. The number of nitrogens with zero attached hydrogens (tertiary/aromatic N) is 1. The van der Waals surface area contributed by atoms with E-state index in [2.05, 4.69) is 0 Å². The summed E-state index contributed by atoms with van der Waals surface area (Å²) in [6.45, 7) is 2.40. The number of anilines is 1. The first-order valence-electron chi connectivity index (χ1n) is 7.00. The maximum atomic E-state index is 11.3. The van der Waals surface area contributed by atoms with Crippen LogP contribution in [0.2, 0.25) is 0 Å². The van der Waals surface area contributed by atoms with Crippen LogP contribution in [0.4, 0.5) is 5.69 Å². The quantitative estimate of drug-likeness (QED) is 0.737. The van der Waals surface area contributed by atoms with Crippen molar-refractivity contribution in [1.29, 1.82) is 0 Å². The van der Waals surface area contributed by atoms with Crippen LogP contribution in [-0.4, -0.2) is 32.5 Å². The molecule has 1 aromatic carbocycles. The summed E-state index contributed by atoms with van der Waals surface area (Å²) in [5.74, 6) is -0.736. The van der Waals surface area contributed by atoms with Crippen LogP contribution < -0.4 is 4.31 Å². The Morgan fingerprint density at radius 2 is 2.05 bits per heavy atom. The van der Waals surface area contributed by atoms with Crippen LogP contribution in [0.3, 0.4) is 0 Å². The Morgan fingerprint density at radius 3 is 2.71 bits per heavy atom. The molecular formula is C15H21NO4S. The normalized spacial score (nSPS) is 19.1. The maximum absolute atomic E-state index is 11.3. The summed E-state index contributed by atoms with van der Waals surface area (Å²) in [5.41, 5.74) is 1.64. The van der Waals surface area contributed by atoms with Crippen LogP contribution >= 0.6 is 10.8 Å². The Labute approximate surface area is 126 Å². The summed E-state index contributed by atoms with van der Waals surface area (Å²) in [4.78, 5) is 11.3. The predicted octanol–water partition coefficient (Wildman–Crippen LogP) is 3.77. The second kappa shape index (κ2) is 6.51. The number of aromatic carboxylic acids is 1. The highest BCUT2D eigenvalue weighted by molar-refractivity contribution is 8.25. The Kier molecular flexibility index (Phi) is 4.92. The minimum Gasteiger partial charge on any atom is -0.478 e. The van der Waals surface area contributed by atoms with E-state index in [0.29, 0.717) is 18.7 Å². The van der Waals surface area contributed by atoms with Crippen LogP contribution in [0.1, 0.15) is 35.7 Å². The second-order valence-electron chi connectivity index (χ2n) is 5.10. The molecule has 5 nitrogen and oxygen atoms in total. The van der Waals surface area contributed by atoms with Gasteiger partial charge in [0.15, 0.2) is 0 Å². The molecule has 0 amide bonds. The van der Waals surface area contributed by atoms with Crippen molar-refractivity contribution in [1.82, 2.24) is 0 Å². The van der Waals surface area contributed by atoms with E-state index in [9.17, 15) is 19.0 Å². The first kappa shape index (κ1) is 15.9. The summed E-state index contributed by atoms with van der Waals surface area (Å²) in [7, 11) is -2.91. The molecule has 1 aliphatic rings. The van der Waals surface area contributed by atoms with Crippen molar-refractivity contribution in [3.63, 3.8) is 0 Å². The van der Waals surface area contributed by atoms with Gasteiger partial charge in [0.25, 0.3) is 0 Å². The van der Waals surface area contributed by atoms with Crippen LogP contribution in [0.5, 0.6) is 0 Å². The van der Waals surface area contributed by atoms with Gasteiger partial charge in [-0.15, -0.1) is 10.8 Å². The molecule has 2 rings (SSSR count). The van der Waals surface area contributed by atoms with Crippen LogP contribution in [0.15, 0.2) is 30.4 Å². The molecule has 0 saturated carbocycles. The van der Waals surface area contributed by atoms with Crippen molar-refractivity contribution in [2.45, 2.75) is 26.2 Å². The summed E-state index contributed by atoms with van der Waals surface area (Å²) in [6.07, 6.45) is 6.07. The number of carbonyl (C=O) groups is 1. The van der Waals surface area contributed by atoms with Gasteiger partial charge in [0, 0.05) is 0 Å². The van der Waals surface area contributed by atoms with Gasteiger partial charge in [-0.1, -0.05) is 25.5 Å². The number of allylic oxidation sites excluding steroid dienone is 1. The molecule has 0 radical (unpaired) electrons. The van der Waals surface area contributed by atoms with Gasteiger partial charge in [-0.25, -0.2) is 4.79 Å². The lowest BCUT2D eigenvalue weighted by atomic mass is 10.1. The SMILES string of the molecule is CCCc1cc(C(=O)O)cc(N2CC=CCCS2(O)O)c1. The molecule has 6 heteroatoms. The van der Waals surface area contributed by atoms with Gasteiger partial charge in [0.2, 0.25) is 0 Å². The number of benzene rings is 1. The lowest BCUT2D eigenvalue weighted by Crippen LogP contribution is -2.28. The molecule has 0 aliphatic carbocycles. The van der Waals surface area contributed by atoms with Crippen molar-refractivity contribution in [2.75, 3.05) is 16.6 Å². The molecule has 0 fully saturated rings. The fourth-order valence-electron chi connectivity index (χ4n) is 2.39. The zero-order valence-electron chi connectivity index (χ0n) is 12.0. The highest BCUT2D eigenvalue weighted by Gasteiger charge is 2.24. The van der Waals surface area contributed by atoms with E-state index >= 15 is 0 Å². The lowest BCUT2D eigenvalue weighted by molar-refractivity contribution is 0.0696. The highest BCUT2D eigenvalue weighted by atomic mass is 32.3. The van der Waals surface area contributed by atoms with E-state index in [1.165, 1.54) is 10.4 Å². The maximum Gasteiger partial charge on any atom is 0.335 e. The average molecular weight is 311 g/mol. The topological polar surface area (TPSA) is 81.0 Å². The number of aryl methyl sites for hydroxylation is 1. The van der Waals surface area contributed by atoms with Crippen LogP contribution in [0.25, 0.3) is 0 Å². The standard InChI is InChI=1S/C15H21NO4S/c1-2-6-12-9-13(15(17)18)11-14(10-12)16-7-4-3-5-8-21(16,19)20/h3-4,9-11,19-20H,2,5-8H2,1H3,(H,17,18). The monoisotopic (exact) mass is 311 g/mol. The third-order valence-corrected chi connectivity index (χ3v) is 5.25. The molecule has 21 heavy (non-hydrogen) atoms. The van der Waals surface area contributed by atoms with Crippen molar-refractivity contribution in [3.05, 3.63) is 41.5 Å². The van der Waals surface area contributed by atoms with E-state index in [4.69, 9.17) is 0 Å². The smallest absolute Gasteiger partial charge is 0.335 e. The Bertz CT molecular complexity index is 557. The molecule has 0 spiro atoms. The largest absolute Gasteiger partial charge is 0.478 e. The van der Waals surface area contributed by atoms with Crippen molar-refractivity contribution in [3.8, 4) is 0 Å². The molecule has 0 bridgehead atoms. The van der Waals surface area contributed by atoms with Gasteiger partial charge in [-0.2, -0.15) is 0 Å². The Morgan fingerprint density at radius 1 is 1.29 bits per heavy atom. The fraction of sp³-hybridized carbons (Fsp3) is 0.400. The highest BCUT2D eigenvalue weighted by Crippen LogP contribution is 2.48. The van der Waals surface area contributed by atoms with E-state index < -0.39 is 16.7 Å². The fourth-order valence-corrected chi connectivity index (χ4v) is 3.83. The van der Waals surface area contributed by atoms with Crippen molar-refractivity contribution >= 4 is 22.4 Å². The van der Waals surface area contributed by atoms with E-state index in [0.717, 1.165) is 18.4 Å². The molecule has 116 valence electrons. The Hall–Kier alpha value is -1.50. The number of hydrogen-bond donors (Lipinski definition) is 3. The minimum absolute atomic E-state index is 0.180. The van der Waals surface area contributed by atoms with Gasteiger partial charge >= 0.3 is 5.97 Å². The Balaban J connectivity index is 2.45. The summed E-state index contributed by atoms with van der Waals surface area (Å²) in [5, 5.41) is 9.24. The third-order valence-electron chi connectivity index (χ3n) is 3.40. The molecule has 1 aliphatic heterocycles. The molecule has 0 aromatic heterocycles. The van der Waals surface area contributed by atoms with E-state index in [1.807, 2.05) is 25.1 Å². The van der Waals surface area contributed by atoms with Gasteiger partial charge in [-0.05, 0) is 36.6 Å². The van der Waals surface area contributed by atoms with E-state index in [1.54, 1.807) is 6.07 Å². The molecule has 0 unspecified atom stereocenters. The van der Waals surface area contributed by atoms with Crippen LogP contribution in [-0.2, 0) is 6.42 Å². The molecule has 1 heterocycles. The molecule has 1 aromatic rings. The first-order valence-corrected chi connectivity index (χ1v) is 8.67. The van der Waals surface area contributed by atoms with Crippen molar-refractivity contribution < 1.29 is 19.0 Å². The van der Waals surface area contributed by atoms with Gasteiger partial charge in [-0.3, -0.25) is 13.4 Å². The average Bonchev–Trinajstić information content (AvgIpc) is 2.59. The number of carboxylic acid groups (broad SMARTS) is 1. The minimum atomic E-state index is -2.91. The number of carboxylic acids is 1. The van der Waals surface area contributed by atoms with Gasteiger partial charge in [0.1, 0.15) is 0 Å². The lowest BCUT2D eigenvalue weighted by Gasteiger charge is -2.43. The zero-order valence-corrected chi connectivity index (χ0v) is 12.8. The number of hydrogen-bond acceptors (Lipinski definition) is 4. The van der Waals surface area contributed by atoms with Gasteiger partial charge in [0.05, 0.1) is 23.5 Å². The molecular weight excluding hydrogens is 290 g/mol. The summed E-state index contributed by atoms with van der Waals surface area (Å²) >= 11 is 0. The number of rotatable bonds is 4. The second-order valence-corrected chi connectivity index (χ2v) is 7.21. The van der Waals surface area contributed by atoms with E-state index in [-0.39, 0.29) is 11.3 Å². The van der Waals surface area contributed by atoms with Gasteiger partial charge < -0.3 is 5.11 Å². The summed E-state index contributed by atoms with van der Waals surface area (Å²) < 4.78 is 22.1. The zero-order chi connectivity index (χ0) is 15.5. The third kappa shape index (κ3) is 3.78. The summed E-state index contributed by atoms with van der Waals surface area (Å²) in [6, 6.07) is 5.01. The molecule has 0 saturated heterocycles. The van der Waals surface area contributed by atoms with Crippen molar-refractivity contribution in [2.24, 2.45) is 0 Å². The first-order chi connectivity index (χ1) is 9.94. The molecule has 0 atom stereocenters. The predicted molar refractivity (Wildman–Crippen MR) is 86.2 cm³/mol. The van der Waals surface area contributed by atoms with Crippen LogP contribution in [0, 0.1) is 0 Å².